The SMILES string of the molecule is O=C(O)C(F)(F)F.O=C(c1cc2ccccc2n1Cc1ccncc1)N(Cc1ncc[nH]1)c1cccc(Cl)c1. The first kappa shape index (κ1) is 27.4. The van der Waals surface area contributed by atoms with Crippen molar-refractivity contribution in [2.45, 2.75) is 19.3 Å². The minimum atomic E-state index is -5.08. The molecule has 3 heterocycles. The van der Waals surface area contributed by atoms with Gasteiger partial charge in [0.2, 0.25) is 0 Å². The van der Waals surface area contributed by atoms with E-state index in [1.165, 1.54) is 0 Å². The third kappa shape index (κ3) is 6.82. The molecule has 0 atom stereocenters. The molecule has 0 saturated heterocycles. The molecule has 2 N–H and O–H groups in total. The van der Waals surface area contributed by atoms with Crippen LogP contribution in [0.4, 0.5) is 18.9 Å². The number of aromatic nitrogens is 4. The largest absolute Gasteiger partial charge is 0.490 e. The van der Waals surface area contributed by atoms with Crippen molar-refractivity contribution in [1.29, 1.82) is 0 Å². The maximum Gasteiger partial charge on any atom is 0.490 e. The number of halogens is 4. The number of hydrogen-bond acceptors (Lipinski definition) is 4. The zero-order valence-electron chi connectivity index (χ0n) is 20.1. The van der Waals surface area contributed by atoms with Gasteiger partial charge in [0, 0.05) is 52.9 Å². The Morgan fingerprint density at radius 1 is 1.00 bits per heavy atom. The smallest absolute Gasteiger partial charge is 0.475 e. The minimum absolute atomic E-state index is 0.131. The Bertz CT molecular complexity index is 1570. The molecule has 0 fully saturated rings. The van der Waals surface area contributed by atoms with E-state index in [2.05, 4.69) is 15.0 Å². The van der Waals surface area contributed by atoms with E-state index < -0.39 is 12.1 Å². The highest BCUT2D eigenvalue weighted by Gasteiger charge is 2.38. The van der Waals surface area contributed by atoms with Crippen molar-refractivity contribution in [1.82, 2.24) is 19.5 Å². The van der Waals surface area contributed by atoms with E-state index in [1.807, 2.05) is 59.2 Å². The van der Waals surface area contributed by atoms with Gasteiger partial charge in [-0.25, -0.2) is 9.78 Å². The van der Waals surface area contributed by atoms with Gasteiger partial charge in [-0.05, 0) is 48.0 Å². The topological polar surface area (TPSA) is 104 Å². The Labute approximate surface area is 225 Å². The minimum Gasteiger partial charge on any atom is -0.475 e. The number of nitrogens with zero attached hydrogens (tertiary/aromatic N) is 4. The molecule has 1 amide bonds. The zero-order chi connectivity index (χ0) is 28.0. The molecular formula is C27H21ClF3N5O3. The summed E-state index contributed by atoms with van der Waals surface area (Å²) in [7, 11) is 0. The quantitative estimate of drug-likeness (QED) is 0.270. The molecule has 0 spiro atoms. The van der Waals surface area contributed by atoms with Crippen LogP contribution in [0.2, 0.25) is 5.02 Å². The Morgan fingerprint density at radius 3 is 2.36 bits per heavy atom. The lowest BCUT2D eigenvalue weighted by Gasteiger charge is -2.23. The Hall–Kier alpha value is -4.64. The van der Waals surface area contributed by atoms with E-state index in [1.54, 1.807) is 41.8 Å². The van der Waals surface area contributed by atoms with Gasteiger partial charge in [0.15, 0.2) is 0 Å². The zero-order valence-corrected chi connectivity index (χ0v) is 20.9. The molecule has 200 valence electrons. The number of carboxylic acid groups (broad SMARTS) is 1. The number of para-hydroxylation sites is 1. The van der Waals surface area contributed by atoms with Crippen molar-refractivity contribution < 1.29 is 27.9 Å². The summed E-state index contributed by atoms with van der Waals surface area (Å²) in [5.41, 5.74) is 3.36. The fourth-order valence-electron chi connectivity index (χ4n) is 3.83. The van der Waals surface area contributed by atoms with Gasteiger partial charge in [0.25, 0.3) is 5.91 Å². The fraction of sp³-hybridized carbons (Fsp3) is 0.111. The maximum atomic E-state index is 14.0. The van der Waals surface area contributed by atoms with Crippen LogP contribution in [-0.2, 0) is 17.9 Å². The summed E-state index contributed by atoms with van der Waals surface area (Å²) in [5, 5.41) is 8.70. The third-order valence-corrected chi connectivity index (χ3v) is 5.83. The molecule has 0 saturated carbocycles. The molecular weight excluding hydrogens is 535 g/mol. The van der Waals surface area contributed by atoms with Gasteiger partial charge in [-0.3, -0.25) is 14.7 Å². The van der Waals surface area contributed by atoms with E-state index in [9.17, 15) is 18.0 Å². The number of imidazole rings is 1. The lowest BCUT2D eigenvalue weighted by molar-refractivity contribution is -0.192. The van der Waals surface area contributed by atoms with E-state index in [4.69, 9.17) is 21.5 Å². The first-order valence-electron chi connectivity index (χ1n) is 11.5. The van der Waals surface area contributed by atoms with Crippen LogP contribution >= 0.6 is 11.6 Å². The molecule has 0 aliphatic rings. The van der Waals surface area contributed by atoms with Gasteiger partial charge in [-0.2, -0.15) is 13.2 Å². The predicted octanol–water partition coefficient (Wildman–Crippen LogP) is 5.94. The van der Waals surface area contributed by atoms with Crippen LogP contribution in [0.3, 0.4) is 0 Å². The van der Waals surface area contributed by atoms with Crippen molar-refractivity contribution in [3.05, 3.63) is 114 Å². The number of carboxylic acids is 1. The summed E-state index contributed by atoms with van der Waals surface area (Å²) < 4.78 is 33.8. The Morgan fingerprint density at radius 2 is 1.72 bits per heavy atom. The second kappa shape index (κ2) is 11.8. The number of nitrogens with one attached hydrogen (secondary N) is 1. The maximum absolute atomic E-state index is 14.0. The van der Waals surface area contributed by atoms with Crippen LogP contribution in [0.5, 0.6) is 0 Å². The summed E-state index contributed by atoms with van der Waals surface area (Å²) in [6.45, 7) is 0.851. The number of benzene rings is 2. The third-order valence-electron chi connectivity index (χ3n) is 5.59. The molecule has 0 bridgehead atoms. The standard InChI is InChI=1S/C25H20ClN5O.C2HF3O2/c26-20-5-3-6-21(15-20)30(17-24-28-12-13-29-24)25(32)23-14-19-4-1-2-7-22(19)31(23)16-18-8-10-27-11-9-18;3-2(4,5)1(6)7/h1-15H,16-17H2,(H,28,29);(H,6,7). The molecule has 5 rings (SSSR count). The van der Waals surface area contributed by atoms with Crippen molar-refractivity contribution in [2.24, 2.45) is 0 Å². The molecule has 0 aliphatic heterocycles. The van der Waals surface area contributed by atoms with Crippen molar-refractivity contribution in [3.8, 4) is 0 Å². The number of aromatic amines is 1. The average Bonchev–Trinajstić information content (AvgIpc) is 3.56. The highest BCUT2D eigenvalue weighted by atomic mass is 35.5. The summed E-state index contributed by atoms with van der Waals surface area (Å²) >= 11 is 6.25. The van der Waals surface area contributed by atoms with E-state index >= 15 is 0 Å². The molecule has 3 aromatic heterocycles. The van der Waals surface area contributed by atoms with Gasteiger partial charge in [0.05, 0.1) is 6.54 Å². The number of H-pyrrole nitrogens is 1. The number of anilines is 1. The number of alkyl halides is 3. The molecule has 39 heavy (non-hydrogen) atoms. The Balaban J connectivity index is 0.000000448. The molecule has 0 radical (unpaired) electrons. The van der Waals surface area contributed by atoms with Crippen LogP contribution in [-0.4, -0.2) is 42.7 Å². The summed E-state index contributed by atoms with van der Waals surface area (Å²) in [6.07, 6.45) is 1.86. The first-order chi connectivity index (χ1) is 18.6. The van der Waals surface area contributed by atoms with Crippen molar-refractivity contribution in [3.63, 3.8) is 0 Å². The van der Waals surface area contributed by atoms with Gasteiger partial charge in [-0.1, -0.05) is 35.9 Å². The van der Waals surface area contributed by atoms with E-state index in [-0.39, 0.29) is 5.91 Å². The lowest BCUT2D eigenvalue weighted by Crippen LogP contribution is -2.32. The van der Waals surface area contributed by atoms with Gasteiger partial charge >= 0.3 is 12.1 Å². The number of carbonyl (C=O) groups is 2. The van der Waals surface area contributed by atoms with Gasteiger partial charge in [-0.15, -0.1) is 0 Å². The van der Waals surface area contributed by atoms with Gasteiger partial charge < -0.3 is 14.7 Å². The van der Waals surface area contributed by atoms with E-state index in [0.29, 0.717) is 35.3 Å². The summed E-state index contributed by atoms with van der Waals surface area (Å²) in [6, 6.07) is 21.2. The Kier molecular flexibility index (Phi) is 8.30. The molecule has 12 heteroatoms. The summed E-state index contributed by atoms with van der Waals surface area (Å²) in [5.74, 6) is -2.20. The van der Waals surface area contributed by atoms with Crippen LogP contribution < -0.4 is 4.90 Å². The molecule has 0 unspecified atom stereocenters. The number of rotatable bonds is 6. The molecule has 5 aromatic rings. The molecule has 2 aromatic carbocycles. The first-order valence-corrected chi connectivity index (χ1v) is 11.8. The summed E-state index contributed by atoms with van der Waals surface area (Å²) in [4.78, 5) is 36.1. The highest BCUT2D eigenvalue weighted by Crippen LogP contribution is 2.27. The van der Waals surface area contributed by atoms with Crippen LogP contribution in [0.25, 0.3) is 10.9 Å². The van der Waals surface area contributed by atoms with Crippen LogP contribution in [0.1, 0.15) is 21.9 Å². The highest BCUT2D eigenvalue weighted by molar-refractivity contribution is 6.31. The van der Waals surface area contributed by atoms with E-state index in [0.717, 1.165) is 16.5 Å². The van der Waals surface area contributed by atoms with Crippen LogP contribution in [0, 0.1) is 0 Å². The number of fused-ring (bicyclic) bond motifs is 1. The number of amides is 1. The fourth-order valence-corrected chi connectivity index (χ4v) is 4.01. The normalized spacial score (nSPS) is 11.1. The lowest BCUT2D eigenvalue weighted by atomic mass is 10.2. The number of pyridine rings is 1. The predicted molar refractivity (Wildman–Crippen MR) is 140 cm³/mol. The van der Waals surface area contributed by atoms with Crippen molar-refractivity contribution in [2.75, 3.05) is 4.90 Å². The molecule has 0 aliphatic carbocycles. The van der Waals surface area contributed by atoms with Gasteiger partial charge in [0.1, 0.15) is 11.5 Å². The number of hydrogen-bond donors (Lipinski definition) is 2. The number of aliphatic carboxylic acids is 1. The van der Waals surface area contributed by atoms with Crippen molar-refractivity contribution >= 4 is 40.1 Å². The number of carbonyl (C=O) groups excluding carboxylic acids is 1. The monoisotopic (exact) mass is 555 g/mol. The second-order valence-electron chi connectivity index (χ2n) is 8.24. The van der Waals surface area contributed by atoms with Crippen LogP contribution in [0.15, 0.2) is 91.5 Å². The second-order valence-corrected chi connectivity index (χ2v) is 8.68. The average molecular weight is 556 g/mol. The molecule has 8 nitrogen and oxygen atoms in total.